The van der Waals surface area contributed by atoms with E-state index in [1.54, 1.807) is 12.1 Å². The van der Waals surface area contributed by atoms with Gasteiger partial charge in [-0.05, 0) is 49.1 Å². The third-order valence-electron chi connectivity index (χ3n) is 5.61. The van der Waals surface area contributed by atoms with Crippen molar-refractivity contribution >= 4 is 15.7 Å². The van der Waals surface area contributed by atoms with Crippen LogP contribution in [0.3, 0.4) is 0 Å². The molecule has 2 aromatic rings. The average Bonchev–Trinajstić information content (AvgIpc) is 3.35. The number of methoxy groups -OCH3 is 1. The fourth-order valence-corrected chi connectivity index (χ4v) is 6.23. The predicted octanol–water partition coefficient (Wildman–Crippen LogP) is 2.61. The lowest BCUT2D eigenvalue weighted by Gasteiger charge is -2.31. The largest absolute Gasteiger partial charge is 0.497 e. The first-order valence-corrected chi connectivity index (χ1v) is 11.0. The third-order valence-corrected chi connectivity index (χ3v) is 7.99. The molecule has 1 amide bonds. The Morgan fingerprint density at radius 2 is 1.90 bits per heavy atom. The molecule has 2 fully saturated rings. The Kier molecular flexibility index (Phi) is 5.33. The smallest absolute Gasteiger partial charge is 0.250 e. The van der Waals surface area contributed by atoms with E-state index in [1.165, 1.54) is 19.2 Å². The van der Waals surface area contributed by atoms with Gasteiger partial charge in [0.2, 0.25) is 9.84 Å². The van der Waals surface area contributed by atoms with Crippen LogP contribution < -0.4 is 10.2 Å². The number of nitrogens with one attached hydrogen (secondary N) is 1. The highest BCUT2D eigenvalue weighted by Crippen LogP contribution is 2.53. The van der Waals surface area contributed by atoms with Crippen molar-refractivity contribution in [2.24, 2.45) is 5.92 Å². The Morgan fingerprint density at radius 1 is 1.17 bits per heavy atom. The van der Waals surface area contributed by atoms with E-state index >= 15 is 0 Å². The summed E-state index contributed by atoms with van der Waals surface area (Å²) in [6, 6.07) is 15.5. The minimum Gasteiger partial charge on any atom is -0.497 e. The number of fused-ring (bicyclic) bond motifs is 2. The summed E-state index contributed by atoms with van der Waals surface area (Å²) in [4.78, 5) is 16.7. The van der Waals surface area contributed by atoms with Crippen molar-refractivity contribution in [3.63, 3.8) is 0 Å². The van der Waals surface area contributed by atoms with Crippen molar-refractivity contribution in [2.75, 3.05) is 7.11 Å². The number of carbonyl (C=O) groups excluding carboxylic acids is 1. The van der Waals surface area contributed by atoms with Crippen molar-refractivity contribution < 1.29 is 27.5 Å². The van der Waals surface area contributed by atoms with Crippen molar-refractivity contribution in [1.82, 2.24) is 5.48 Å². The monoisotopic (exact) mass is 417 g/mol. The van der Waals surface area contributed by atoms with E-state index in [9.17, 15) is 13.2 Å². The van der Waals surface area contributed by atoms with Crippen molar-refractivity contribution in [3.05, 3.63) is 60.2 Å². The van der Waals surface area contributed by atoms with Gasteiger partial charge in [0, 0.05) is 0 Å². The molecule has 8 heteroatoms. The molecule has 2 aromatic carbocycles. The summed E-state index contributed by atoms with van der Waals surface area (Å²) in [6.45, 7) is 0.196. The summed E-state index contributed by atoms with van der Waals surface area (Å²) in [7, 11) is -2.39. The molecule has 2 bridgehead atoms. The van der Waals surface area contributed by atoms with Gasteiger partial charge in [-0.1, -0.05) is 30.3 Å². The molecule has 2 saturated heterocycles. The van der Waals surface area contributed by atoms with Gasteiger partial charge in [-0.2, -0.15) is 0 Å². The zero-order valence-electron chi connectivity index (χ0n) is 16.0. The lowest BCUT2D eigenvalue weighted by Crippen LogP contribution is -2.49. The van der Waals surface area contributed by atoms with E-state index in [-0.39, 0.29) is 24.0 Å². The first-order valence-electron chi connectivity index (χ1n) is 9.48. The van der Waals surface area contributed by atoms with Crippen LogP contribution in [0.4, 0.5) is 0 Å². The second kappa shape index (κ2) is 7.78. The van der Waals surface area contributed by atoms with Crippen LogP contribution in [-0.4, -0.2) is 32.5 Å². The van der Waals surface area contributed by atoms with Crippen molar-refractivity contribution in [2.45, 2.75) is 41.8 Å². The molecule has 0 saturated carbocycles. The molecule has 1 N–H and O–H groups in total. The zero-order chi connectivity index (χ0) is 20.5. The molecule has 29 heavy (non-hydrogen) atoms. The number of hydrogen-bond donors (Lipinski definition) is 1. The van der Waals surface area contributed by atoms with Crippen LogP contribution in [0.1, 0.15) is 24.8 Å². The summed E-state index contributed by atoms with van der Waals surface area (Å²) in [5.74, 6) is -0.744. The molecular formula is C21H23NO6S. The van der Waals surface area contributed by atoms with E-state index < -0.39 is 26.6 Å². The van der Waals surface area contributed by atoms with Gasteiger partial charge in [-0.3, -0.25) is 9.63 Å². The molecule has 2 heterocycles. The second-order valence-electron chi connectivity index (χ2n) is 7.30. The normalized spacial score (nSPS) is 25.7. The minimum atomic E-state index is -3.90. The summed E-state index contributed by atoms with van der Waals surface area (Å²) in [6.07, 6.45) is 1.01. The molecule has 4 rings (SSSR count). The van der Waals surface area contributed by atoms with Crippen molar-refractivity contribution in [3.8, 4) is 5.75 Å². The summed E-state index contributed by atoms with van der Waals surface area (Å²) < 4.78 is 37.9. The molecule has 2 aliphatic heterocycles. The average molecular weight is 417 g/mol. The maximum Gasteiger partial charge on any atom is 0.250 e. The maximum absolute atomic E-state index is 13.4. The fourth-order valence-electron chi connectivity index (χ4n) is 4.11. The molecule has 0 aromatic heterocycles. The number of hydrogen-bond acceptors (Lipinski definition) is 6. The second-order valence-corrected chi connectivity index (χ2v) is 9.47. The number of rotatable bonds is 7. The van der Waals surface area contributed by atoms with Crippen LogP contribution in [-0.2, 0) is 30.8 Å². The summed E-state index contributed by atoms with van der Waals surface area (Å²) in [5, 5.41) is 0. The van der Waals surface area contributed by atoms with Crippen LogP contribution in [0.15, 0.2) is 59.5 Å². The molecule has 0 spiro atoms. The van der Waals surface area contributed by atoms with Gasteiger partial charge >= 0.3 is 0 Å². The predicted molar refractivity (Wildman–Crippen MR) is 104 cm³/mol. The van der Waals surface area contributed by atoms with E-state index in [0.717, 1.165) is 5.56 Å². The Balaban J connectivity index is 1.52. The number of benzene rings is 2. The number of carbonyl (C=O) groups is 1. The van der Waals surface area contributed by atoms with Gasteiger partial charge in [0.1, 0.15) is 5.75 Å². The Labute approximate surface area is 169 Å². The highest BCUT2D eigenvalue weighted by Gasteiger charge is 2.64. The van der Waals surface area contributed by atoms with Crippen LogP contribution in [0.5, 0.6) is 5.75 Å². The van der Waals surface area contributed by atoms with Gasteiger partial charge in [0.15, 0.2) is 4.93 Å². The van der Waals surface area contributed by atoms with Gasteiger partial charge in [-0.15, -0.1) is 0 Å². The van der Waals surface area contributed by atoms with Gasteiger partial charge in [-0.25, -0.2) is 13.9 Å². The quantitative estimate of drug-likeness (QED) is 0.697. The van der Waals surface area contributed by atoms with E-state index in [1.807, 2.05) is 30.3 Å². The first kappa shape index (κ1) is 19.9. The van der Waals surface area contributed by atoms with Gasteiger partial charge < -0.3 is 9.47 Å². The van der Waals surface area contributed by atoms with E-state index in [0.29, 0.717) is 18.6 Å². The SMILES string of the molecule is COc1ccc(S(=O)(=O)C23CCC(CC2C(=O)NOCc2ccccc2)O3)cc1. The van der Waals surface area contributed by atoms with Crippen molar-refractivity contribution in [1.29, 1.82) is 0 Å². The standard InChI is InChI=1S/C21H23NO6S/c1-26-16-7-9-18(10-8-16)29(24,25)21-12-11-17(28-21)13-19(21)20(23)22-27-14-15-5-3-2-4-6-15/h2-10,17,19H,11-14H2,1H3,(H,22,23). The zero-order valence-corrected chi connectivity index (χ0v) is 16.9. The topological polar surface area (TPSA) is 90.9 Å². The number of ether oxygens (including phenoxy) is 2. The highest BCUT2D eigenvalue weighted by atomic mass is 32.2. The van der Waals surface area contributed by atoms with Gasteiger partial charge in [0.05, 0.1) is 30.6 Å². The molecule has 3 unspecified atom stereocenters. The Bertz CT molecular complexity index is 976. The third kappa shape index (κ3) is 3.52. The molecule has 2 aliphatic rings. The Morgan fingerprint density at radius 3 is 2.55 bits per heavy atom. The van der Waals surface area contributed by atoms with Crippen LogP contribution in [0, 0.1) is 5.92 Å². The first-order chi connectivity index (χ1) is 14.0. The molecule has 7 nitrogen and oxygen atoms in total. The minimum absolute atomic E-state index is 0.115. The maximum atomic E-state index is 13.4. The van der Waals surface area contributed by atoms with Gasteiger partial charge in [0.25, 0.3) is 5.91 Å². The molecule has 154 valence electrons. The fraction of sp³-hybridized carbons (Fsp3) is 0.381. The van der Waals surface area contributed by atoms with E-state index in [4.69, 9.17) is 14.3 Å². The number of sulfone groups is 1. The lowest BCUT2D eigenvalue weighted by atomic mass is 9.88. The van der Waals surface area contributed by atoms with Crippen LogP contribution >= 0.6 is 0 Å². The van der Waals surface area contributed by atoms with E-state index in [2.05, 4.69) is 5.48 Å². The number of hydroxylamine groups is 1. The van der Waals surface area contributed by atoms with Crippen LogP contribution in [0.25, 0.3) is 0 Å². The Hall–Kier alpha value is -2.42. The molecular weight excluding hydrogens is 394 g/mol. The molecule has 3 atom stereocenters. The lowest BCUT2D eigenvalue weighted by molar-refractivity contribution is -0.141. The summed E-state index contributed by atoms with van der Waals surface area (Å²) in [5.41, 5.74) is 3.32. The molecule has 0 radical (unpaired) electrons. The highest BCUT2D eigenvalue weighted by molar-refractivity contribution is 7.92. The summed E-state index contributed by atoms with van der Waals surface area (Å²) >= 11 is 0. The molecule has 0 aliphatic carbocycles. The van der Waals surface area contributed by atoms with Crippen LogP contribution in [0.2, 0.25) is 0 Å². The number of amides is 1.